The molecule has 0 fully saturated rings. The largest absolute Gasteiger partial charge is 0.573 e. The Morgan fingerprint density at radius 3 is 2.37 bits per heavy atom. The first kappa shape index (κ1) is 13.2. The van der Waals surface area contributed by atoms with E-state index < -0.39 is 6.36 Å². The van der Waals surface area contributed by atoms with Crippen molar-refractivity contribution in [2.45, 2.75) is 13.3 Å². The average Bonchev–Trinajstić information content (AvgIpc) is 2.28. The van der Waals surface area contributed by atoms with Crippen LogP contribution in [0.3, 0.4) is 0 Å². The molecule has 0 spiro atoms. The lowest BCUT2D eigenvalue weighted by Crippen LogP contribution is -2.17. The maximum Gasteiger partial charge on any atom is 0.573 e. The van der Waals surface area contributed by atoms with Crippen LogP contribution in [0.4, 0.5) is 19.0 Å². The molecule has 3 nitrogen and oxygen atoms in total. The number of nitrogen functional groups attached to an aromatic ring is 1. The van der Waals surface area contributed by atoms with Gasteiger partial charge in [0.1, 0.15) is 11.6 Å². The number of para-hydroxylation sites is 1. The normalized spacial score (nSPS) is 11.4. The predicted octanol–water partition coefficient (Wildman–Crippen LogP) is 3.54. The number of anilines is 1. The molecule has 0 saturated carbocycles. The number of hydrogen-bond donors (Lipinski definition) is 1. The van der Waals surface area contributed by atoms with Crippen LogP contribution in [-0.2, 0) is 0 Å². The van der Waals surface area contributed by atoms with Crippen LogP contribution in [0.5, 0.6) is 5.75 Å². The number of nitrogens with two attached hydrogens (primary N) is 1. The van der Waals surface area contributed by atoms with Crippen LogP contribution in [0.2, 0.25) is 0 Å². The van der Waals surface area contributed by atoms with Gasteiger partial charge in [-0.2, -0.15) is 0 Å². The molecule has 2 N–H and O–H groups in total. The quantitative estimate of drug-likeness (QED) is 0.906. The van der Waals surface area contributed by atoms with Gasteiger partial charge in [0.25, 0.3) is 0 Å². The van der Waals surface area contributed by atoms with Gasteiger partial charge in [0.05, 0.1) is 0 Å². The number of benzene rings is 1. The summed E-state index contributed by atoms with van der Waals surface area (Å²) in [5, 5.41) is 0. The molecule has 2 rings (SSSR count). The van der Waals surface area contributed by atoms with E-state index in [2.05, 4.69) is 9.72 Å². The van der Waals surface area contributed by atoms with Gasteiger partial charge in [-0.05, 0) is 25.1 Å². The second-order valence-corrected chi connectivity index (χ2v) is 3.91. The fourth-order valence-corrected chi connectivity index (χ4v) is 1.77. The molecule has 0 atom stereocenters. The van der Waals surface area contributed by atoms with E-state index >= 15 is 0 Å². The summed E-state index contributed by atoms with van der Waals surface area (Å²) < 4.78 is 41.0. The fourth-order valence-electron chi connectivity index (χ4n) is 1.77. The molecule has 0 aliphatic heterocycles. The van der Waals surface area contributed by atoms with Crippen LogP contribution in [0.1, 0.15) is 5.69 Å². The van der Waals surface area contributed by atoms with Crippen LogP contribution in [0.15, 0.2) is 36.4 Å². The minimum Gasteiger partial charge on any atom is -0.405 e. The Balaban J connectivity index is 2.50. The Labute approximate surface area is 107 Å². The molecule has 0 bridgehead atoms. The van der Waals surface area contributed by atoms with E-state index in [9.17, 15) is 13.2 Å². The van der Waals surface area contributed by atoms with Gasteiger partial charge < -0.3 is 10.5 Å². The molecule has 0 unspecified atom stereocenters. The molecule has 0 aliphatic rings. The Hall–Kier alpha value is -2.24. The zero-order valence-corrected chi connectivity index (χ0v) is 10.0. The lowest BCUT2D eigenvalue weighted by molar-refractivity contribution is -0.274. The van der Waals surface area contributed by atoms with Gasteiger partial charge in [-0.1, -0.05) is 18.2 Å². The highest BCUT2D eigenvalue weighted by atomic mass is 19.4. The summed E-state index contributed by atoms with van der Waals surface area (Å²) in [5.74, 6) is 0.0557. The van der Waals surface area contributed by atoms with E-state index in [1.165, 1.54) is 18.2 Å². The number of pyridine rings is 1. The molecule has 1 aromatic carbocycles. The van der Waals surface area contributed by atoms with Gasteiger partial charge in [-0.25, -0.2) is 4.98 Å². The Kier molecular flexibility index (Phi) is 3.33. The smallest absolute Gasteiger partial charge is 0.405 e. The predicted molar refractivity (Wildman–Crippen MR) is 65.5 cm³/mol. The van der Waals surface area contributed by atoms with Crippen molar-refractivity contribution in [3.8, 4) is 16.9 Å². The maximum absolute atomic E-state index is 12.3. The Morgan fingerprint density at radius 2 is 1.74 bits per heavy atom. The van der Waals surface area contributed by atoms with Gasteiger partial charge >= 0.3 is 6.36 Å². The van der Waals surface area contributed by atoms with E-state index in [1.807, 2.05) is 0 Å². The van der Waals surface area contributed by atoms with E-state index in [-0.39, 0.29) is 5.75 Å². The maximum atomic E-state index is 12.3. The first-order chi connectivity index (χ1) is 8.87. The third-order valence-corrected chi connectivity index (χ3v) is 2.51. The molecule has 1 heterocycles. The number of halogens is 3. The van der Waals surface area contributed by atoms with Gasteiger partial charge in [0.15, 0.2) is 0 Å². The summed E-state index contributed by atoms with van der Waals surface area (Å²) in [5.41, 5.74) is 6.94. The molecule has 6 heteroatoms. The van der Waals surface area contributed by atoms with E-state index in [4.69, 9.17) is 5.73 Å². The van der Waals surface area contributed by atoms with Crippen LogP contribution in [0, 0.1) is 6.92 Å². The van der Waals surface area contributed by atoms with Gasteiger partial charge in [-0.15, -0.1) is 13.2 Å². The molecular weight excluding hydrogens is 257 g/mol. The van der Waals surface area contributed by atoms with Gasteiger partial charge in [0, 0.05) is 16.8 Å². The van der Waals surface area contributed by atoms with Crippen LogP contribution < -0.4 is 10.5 Å². The summed E-state index contributed by atoms with van der Waals surface area (Å²) >= 11 is 0. The highest BCUT2D eigenvalue weighted by molar-refractivity contribution is 5.72. The molecular formula is C13H11F3N2O. The van der Waals surface area contributed by atoms with Crippen molar-refractivity contribution in [2.75, 3.05) is 5.73 Å². The summed E-state index contributed by atoms with van der Waals surface area (Å²) in [6.45, 7) is 1.68. The number of rotatable bonds is 2. The number of nitrogens with zero attached hydrogens (tertiary/aromatic N) is 1. The van der Waals surface area contributed by atoms with Crippen LogP contribution in [-0.4, -0.2) is 11.3 Å². The molecule has 19 heavy (non-hydrogen) atoms. The molecule has 2 aromatic rings. The van der Waals surface area contributed by atoms with Crippen molar-refractivity contribution in [1.29, 1.82) is 0 Å². The third kappa shape index (κ3) is 3.15. The zero-order chi connectivity index (χ0) is 14.0. The lowest BCUT2D eigenvalue weighted by Gasteiger charge is -2.14. The van der Waals surface area contributed by atoms with E-state index in [0.29, 0.717) is 22.6 Å². The Morgan fingerprint density at radius 1 is 1.05 bits per heavy atom. The SMILES string of the molecule is Cc1nc(N)ccc1-c1ccccc1OC(F)(F)F. The minimum absolute atomic E-state index is 0.260. The molecule has 0 saturated heterocycles. The number of aryl methyl sites for hydroxylation is 1. The second kappa shape index (κ2) is 4.79. The highest BCUT2D eigenvalue weighted by Crippen LogP contribution is 2.34. The topological polar surface area (TPSA) is 48.1 Å². The van der Waals surface area contributed by atoms with Crippen LogP contribution >= 0.6 is 0 Å². The number of aromatic nitrogens is 1. The zero-order valence-electron chi connectivity index (χ0n) is 10.0. The first-order valence-electron chi connectivity index (χ1n) is 5.45. The molecule has 100 valence electrons. The van der Waals surface area contributed by atoms with Crippen molar-refractivity contribution in [1.82, 2.24) is 4.98 Å². The van der Waals surface area contributed by atoms with Crippen LogP contribution in [0.25, 0.3) is 11.1 Å². The summed E-state index contributed by atoms with van der Waals surface area (Å²) in [4.78, 5) is 4.03. The van der Waals surface area contributed by atoms with Crippen molar-refractivity contribution < 1.29 is 17.9 Å². The van der Waals surface area contributed by atoms with E-state index in [1.54, 1.807) is 25.1 Å². The molecule has 0 aliphatic carbocycles. The standard InChI is InChI=1S/C13H11F3N2O/c1-8-9(6-7-12(17)18-8)10-4-2-3-5-11(10)19-13(14,15)16/h2-7H,1H3,(H2,17,18). The highest BCUT2D eigenvalue weighted by Gasteiger charge is 2.32. The van der Waals surface area contributed by atoms with E-state index in [0.717, 1.165) is 0 Å². The summed E-state index contributed by atoms with van der Waals surface area (Å²) in [6, 6.07) is 9.07. The first-order valence-corrected chi connectivity index (χ1v) is 5.45. The monoisotopic (exact) mass is 268 g/mol. The van der Waals surface area contributed by atoms with Crippen molar-refractivity contribution in [3.63, 3.8) is 0 Å². The average molecular weight is 268 g/mol. The minimum atomic E-state index is -4.73. The number of hydrogen-bond acceptors (Lipinski definition) is 3. The summed E-state index contributed by atoms with van der Waals surface area (Å²) in [7, 11) is 0. The number of alkyl halides is 3. The van der Waals surface area contributed by atoms with Crippen molar-refractivity contribution in [2.24, 2.45) is 0 Å². The molecule has 0 amide bonds. The molecule has 1 aromatic heterocycles. The Bertz CT molecular complexity index is 597. The molecule has 0 radical (unpaired) electrons. The second-order valence-electron chi connectivity index (χ2n) is 3.91. The van der Waals surface area contributed by atoms with Gasteiger partial charge in [-0.3, -0.25) is 0 Å². The summed E-state index contributed by atoms with van der Waals surface area (Å²) in [6.07, 6.45) is -4.73. The van der Waals surface area contributed by atoms with Gasteiger partial charge in [0.2, 0.25) is 0 Å². The number of ether oxygens (including phenoxy) is 1. The fraction of sp³-hybridized carbons (Fsp3) is 0.154. The lowest BCUT2D eigenvalue weighted by atomic mass is 10.0. The van der Waals surface area contributed by atoms with Crippen molar-refractivity contribution in [3.05, 3.63) is 42.1 Å². The third-order valence-electron chi connectivity index (χ3n) is 2.51. The van der Waals surface area contributed by atoms with Crippen molar-refractivity contribution >= 4 is 5.82 Å².